The third kappa shape index (κ3) is 4.07. The molecule has 0 amide bonds. The predicted octanol–water partition coefficient (Wildman–Crippen LogP) is 5.85. The number of allylic oxidation sites excluding steroid dienone is 2. The molecule has 2 aliphatic rings. The summed E-state index contributed by atoms with van der Waals surface area (Å²) in [6.45, 7) is 0.515. The number of ether oxygens (including phenoxy) is 3. The number of rotatable bonds is 6. The highest BCUT2D eigenvalue weighted by molar-refractivity contribution is 6.01. The van der Waals surface area contributed by atoms with Crippen LogP contribution < -0.4 is 19.5 Å². The molecule has 3 aromatic carbocycles. The minimum Gasteiger partial charge on any atom is -0.493 e. The van der Waals surface area contributed by atoms with Crippen LogP contribution in [-0.4, -0.2) is 20.0 Å². The lowest BCUT2D eigenvalue weighted by atomic mass is 9.75. The first-order valence-electron chi connectivity index (χ1n) is 11.2. The van der Waals surface area contributed by atoms with Gasteiger partial charge in [-0.1, -0.05) is 42.5 Å². The fraction of sp³-hybridized carbons (Fsp3) is 0.250. The molecule has 0 aromatic heterocycles. The number of carbonyl (C=O) groups is 1. The van der Waals surface area contributed by atoms with Gasteiger partial charge in [0.15, 0.2) is 17.3 Å². The first-order valence-corrected chi connectivity index (χ1v) is 11.2. The molecule has 33 heavy (non-hydrogen) atoms. The van der Waals surface area contributed by atoms with Crippen LogP contribution in [0.5, 0.6) is 17.2 Å². The second-order valence-corrected chi connectivity index (χ2v) is 8.36. The van der Waals surface area contributed by atoms with Crippen molar-refractivity contribution in [2.24, 2.45) is 0 Å². The lowest BCUT2D eigenvalue weighted by molar-refractivity contribution is -0.116. The lowest BCUT2D eigenvalue weighted by Gasteiger charge is -2.34. The smallest absolute Gasteiger partial charge is 0.162 e. The van der Waals surface area contributed by atoms with Gasteiger partial charge in [0.25, 0.3) is 0 Å². The van der Waals surface area contributed by atoms with Gasteiger partial charge in [-0.15, -0.1) is 0 Å². The van der Waals surface area contributed by atoms with E-state index in [1.54, 1.807) is 14.2 Å². The third-order valence-electron chi connectivity index (χ3n) is 6.36. The minimum absolute atomic E-state index is 0.160. The first kappa shape index (κ1) is 21.1. The van der Waals surface area contributed by atoms with E-state index in [2.05, 4.69) is 17.4 Å². The molecule has 1 aliphatic heterocycles. The van der Waals surface area contributed by atoms with Crippen molar-refractivity contribution < 1.29 is 19.0 Å². The Morgan fingerprint density at radius 2 is 1.64 bits per heavy atom. The van der Waals surface area contributed by atoms with E-state index in [9.17, 15) is 4.79 Å². The molecule has 1 unspecified atom stereocenters. The van der Waals surface area contributed by atoms with Gasteiger partial charge in [-0.05, 0) is 47.7 Å². The fourth-order valence-electron chi connectivity index (χ4n) is 4.73. The van der Waals surface area contributed by atoms with Gasteiger partial charge < -0.3 is 19.5 Å². The summed E-state index contributed by atoms with van der Waals surface area (Å²) in [4.78, 5) is 13.0. The number of nitrogens with one attached hydrogen (secondary N) is 1. The molecule has 5 rings (SSSR count). The van der Waals surface area contributed by atoms with Crippen LogP contribution >= 0.6 is 0 Å². The maximum atomic E-state index is 13.0. The van der Waals surface area contributed by atoms with Crippen molar-refractivity contribution in [1.29, 1.82) is 0 Å². The van der Waals surface area contributed by atoms with Crippen LogP contribution in [-0.2, 0) is 11.4 Å². The van der Waals surface area contributed by atoms with E-state index in [1.807, 2.05) is 54.6 Å². The van der Waals surface area contributed by atoms with Crippen LogP contribution in [0.2, 0.25) is 0 Å². The van der Waals surface area contributed by atoms with E-state index in [0.29, 0.717) is 24.5 Å². The van der Waals surface area contributed by atoms with Gasteiger partial charge in [-0.25, -0.2) is 0 Å². The van der Waals surface area contributed by atoms with Crippen molar-refractivity contribution in [3.05, 3.63) is 94.7 Å². The summed E-state index contributed by atoms with van der Waals surface area (Å²) >= 11 is 0. The van der Waals surface area contributed by atoms with E-state index in [1.165, 1.54) is 0 Å². The number of hydrogen-bond acceptors (Lipinski definition) is 5. The summed E-state index contributed by atoms with van der Waals surface area (Å²) in [6, 6.07) is 22.1. The summed E-state index contributed by atoms with van der Waals surface area (Å²) in [5.41, 5.74) is 6.02. The summed E-state index contributed by atoms with van der Waals surface area (Å²) in [7, 11) is 3.26. The molecule has 0 bridgehead atoms. The maximum absolute atomic E-state index is 13.0. The number of fused-ring (bicyclic) bond motifs is 1. The molecule has 0 saturated carbocycles. The number of benzene rings is 3. The van der Waals surface area contributed by atoms with Crippen molar-refractivity contribution >= 4 is 11.5 Å². The van der Waals surface area contributed by atoms with Gasteiger partial charge in [0.05, 0.1) is 14.2 Å². The highest BCUT2D eigenvalue weighted by Gasteiger charge is 2.36. The molecule has 1 atom stereocenters. The molecule has 3 aromatic rings. The molecular weight excluding hydrogens is 414 g/mol. The summed E-state index contributed by atoms with van der Waals surface area (Å²) in [5, 5.41) is 3.50. The summed E-state index contributed by atoms with van der Waals surface area (Å²) in [5.74, 6) is 2.16. The Labute approximate surface area is 194 Å². The van der Waals surface area contributed by atoms with E-state index < -0.39 is 0 Å². The molecule has 0 saturated heterocycles. The zero-order valence-corrected chi connectivity index (χ0v) is 18.9. The van der Waals surface area contributed by atoms with Gasteiger partial charge >= 0.3 is 0 Å². The molecule has 168 valence electrons. The Kier molecular flexibility index (Phi) is 5.78. The van der Waals surface area contributed by atoms with Gasteiger partial charge in [0.2, 0.25) is 0 Å². The molecule has 1 heterocycles. The van der Waals surface area contributed by atoms with Gasteiger partial charge in [-0.2, -0.15) is 0 Å². The Bertz CT molecular complexity index is 1200. The van der Waals surface area contributed by atoms with Crippen molar-refractivity contribution in [3.63, 3.8) is 0 Å². The maximum Gasteiger partial charge on any atom is 0.162 e. The molecule has 1 aliphatic carbocycles. The third-order valence-corrected chi connectivity index (χ3v) is 6.36. The van der Waals surface area contributed by atoms with Gasteiger partial charge in [0.1, 0.15) is 12.4 Å². The number of methoxy groups -OCH3 is 2. The van der Waals surface area contributed by atoms with Crippen LogP contribution in [0, 0.1) is 0 Å². The predicted molar refractivity (Wildman–Crippen MR) is 128 cm³/mol. The van der Waals surface area contributed by atoms with Gasteiger partial charge in [-0.3, -0.25) is 4.79 Å². The van der Waals surface area contributed by atoms with Crippen LogP contribution in [0.1, 0.15) is 41.9 Å². The zero-order chi connectivity index (χ0) is 22.8. The van der Waals surface area contributed by atoms with Crippen LogP contribution in [0.25, 0.3) is 0 Å². The van der Waals surface area contributed by atoms with E-state index in [4.69, 9.17) is 14.2 Å². The number of hydrogen-bond donors (Lipinski definition) is 1. The minimum atomic E-state index is -0.160. The highest BCUT2D eigenvalue weighted by Crippen LogP contribution is 2.48. The van der Waals surface area contributed by atoms with E-state index >= 15 is 0 Å². The second-order valence-electron chi connectivity index (χ2n) is 8.36. The topological polar surface area (TPSA) is 56.8 Å². The normalized spacial score (nSPS) is 17.0. The Hall–Kier alpha value is -3.73. The number of ketones is 1. The summed E-state index contributed by atoms with van der Waals surface area (Å²) < 4.78 is 17.1. The Morgan fingerprint density at radius 3 is 2.36 bits per heavy atom. The molecule has 1 N–H and O–H groups in total. The van der Waals surface area contributed by atoms with Crippen molar-refractivity contribution in [1.82, 2.24) is 0 Å². The molecule has 0 fully saturated rings. The largest absolute Gasteiger partial charge is 0.493 e. The highest BCUT2D eigenvalue weighted by atomic mass is 16.5. The molecule has 5 heteroatoms. The summed E-state index contributed by atoms with van der Waals surface area (Å²) in [6.07, 6.45) is 2.31. The average molecular weight is 442 g/mol. The van der Waals surface area contributed by atoms with Crippen molar-refractivity contribution in [2.45, 2.75) is 31.8 Å². The molecule has 5 nitrogen and oxygen atoms in total. The Balaban J connectivity index is 1.51. The quantitative estimate of drug-likeness (QED) is 0.520. The molecule has 0 spiro atoms. The standard InChI is InChI=1S/C28H27NO4/c1-31-25-15-21-23(16-26(25)32-2)29-22-9-6-10-24(30)28(22)27(21)19-11-13-20(14-12-19)33-17-18-7-4-3-5-8-18/h3-5,7-8,11-16,27,29H,6,9-10,17H2,1-2H3. The van der Waals surface area contributed by atoms with Crippen LogP contribution in [0.15, 0.2) is 78.0 Å². The van der Waals surface area contributed by atoms with E-state index in [0.717, 1.165) is 52.2 Å². The average Bonchev–Trinajstić information content (AvgIpc) is 2.86. The zero-order valence-electron chi connectivity index (χ0n) is 18.9. The molecular formula is C28H27NO4. The second kappa shape index (κ2) is 9.02. The fourth-order valence-corrected chi connectivity index (χ4v) is 4.73. The van der Waals surface area contributed by atoms with Crippen molar-refractivity contribution in [2.75, 3.05) is 19.5 Å². The van der Waals surface area contributed by atoms with Crippen LogP contribution in [0.3, 0.4) is 0 Å². The van der Waals surface area contributed by atoms with E-state index in [-0.39, 0.29) is 11.7 Å². The first-order chi connectivity index (χ1) is 16.2. The SMILES string of the molecule is COc1cc2c(cc1OC)C(c1ccc(OCc3ccccc3)cc1)C1=C(CCCC1=O)N2. The monoisotopic (exact) mass is 441 g/mol. The number of Topliss-reactive ketones (excluding diaryl/α,β-unsaturated/α-hetero) is 1. The Morgan fingerprint density at radius 1 is 0.909 bits per heavy atom. The lowest BCUT2D eigenvalue weighted by Crippen LogP contribution is -2.27. The number of anilines is 1. The van der Waals surface area contributed by atoms with Crippen molar-refractivity contribution in [3.8, 4) is 17.2 Å². The molecule has 0 radical (unpaired) electrons. The van der Waals surface area contributed by atoms with Crippen LogP contribution in [0.4, 0.5) is 5.69 Å². The van der Waals surface area contributed by atoms with Gasteiger partial charge in [0, 0.05) is 35.4 Å². The number of carbonyl (C=O) groups excluding carboxylic acids is 1.